The molecular weight excluding hydrogens is 228 g/mol. The molecule has 1 N–H and O–H groups in total. The van der Waals surface area contributed by atoms with E-state index in [0.717, 1.165) is 5.92 Å². The summed E-state index contributed by atoms with van der Waals surface area (Å²) in [6, 6.07) is 0. The highest BCUT2D eigenvalue weighted by molar-refractivity contribution is 7.78. The second-order valence-electron chi connectivity index (χ2n) is 5.21. The van der Waals surface area contributed by atoms with E-state index in [-0.39, 0.29) is 0 Å². The van der Waals surface area contributed by atoms with Crippen molar-refractivity contribution in [2.75, 3.05) is 20.1 Å². The summed E-state index contributed by atoms with van der Waals surface area (Å²) < 4.78 is 0. The van der Waals surface area contributed by atoms with E-state index in [4.69, 9.17) is 5.41 Å². The summed E-state index contributed by atoms with van der Waals surface area (Å²) >= 11 is 3.70. The van der Waals surface area contributed by atoms with Crippen molar-refractivity contribution in [2.45, 2.75) is 58.3 Å². The smallest absolute Gasteiger partial charge is 0.0799 e. The Morgan fingerprint density at radius 1 is 1.24 bits per heavy atom. The van der Waals surface area contributed by atoms with Crippen molar-refractivity contribution in [3.63, 3.8) is 0 Å². The van der Waals surface area contributed by atoms with Gasteiger partial charge in [0.2, 0.25) is 0 Å². The largest absolute Gasteiger partial charge is 0.753 e. The van der Waals surface area contributed by atoms with Gasteiger partial charge in [0.05, 0.1) is 20.1 Å². The van der Waals surface area contributed by atoms with Crippen LogP contribution in [0.2, 0.25) is 0 Å². The Morgan fingerprint density at radius 2 is 1.82 bits per heavy atom. The van der Waals surface area contributed by atoms with Crippen LogP contribution in [0, 0.1) is 5.92 Å². The summed E-state index contributed by atoms with van der Waals surface area (Å²) in [7, 11) is 2.33. The second-order valence-corrected chi connectivity index (χ2v) is 5.40. The van der Waals surface area contributed by atoms with Crippen molar-refractivity contribution in [3.05, 3.63) is 5.41 Å². The predicted molar refractivity (Wildman–Crippen MR) is 78.7 cm³/mol. The molecule has 1 aliphatic rings. The molecule has 2 atom stereocenters. The van der Waals surface area contributed by atoms with E-state index >= 15 is 0 Å². The monoisotopic (exact) mass is 256 g/mol. The zero-order valence-electron chi connectivity index (χ0n) is 11.5. The van der Waals surface area contributed by atoms with E-state index in [9.17, 15) is 0 Å². The van der Waals surface area contributed by atoms with Crippen molar-refractivity contribution in [1.29, 1.82) is 0 Å². The predicted octanol–water partition coefficient (Wildman–Crippen LogP) is 2.93. The first kappa shape index (κ1) is 16.8. The summed E-state index contributed by atoms with van der Waals surface area (Å²) in [5.41, 5.74) is 0. The number of likely N-dealkylation sites (tertiary alicyclic amines) is 1. The number of hydrogen-bond donors (Lipinski definition) is 1. The molecule has 0 spiro atoms. The molecule has 0 aromatic heterocycles. The lowest BCUT2D eigenvalue weighted by Crippen LogP contribution is -3.07. The first-order chi connectivity index (χ1) is 8.24. The van der Waals surface area contributed by atoms with E-state index in [1.807, 2.05) is 0 Å². The molecule has 2 unspecified atom stereocenters. The maximum Gasteiger partial charge on any atom is 0.0799 e. The van der Waals surface area contributed by atoms with Gasteiger partial charge in [-0.25, -0.2) is 0 Å². The molecule has 0 aromatic rings. The molecule has 1 rings (SSSR count). The summed E-state index contributed by atoms with van der Waals surface area (Å²) in [5.74, 6) is 1.06. The first-order valence-corrected chi connectivity index (χ1v) is 7.47. The molecule has 0 bridgehead atoms. The molecule has 2 nitrogen and oxygen atoms in total. The van der Waals surface area contributed by atoms with Gasteiger partial charge in [-0.15, -0.1) is 0 Å². The Balaban J connectivity index is 0.000000770. The minimum Gasteiger partial charge on any atom is -0.753 e. The van der Waals surface area contributed by atoms with E-state index in [1.165, 1.54) is 69.6 Å². The van der Waals surface area contributed by atoms with Crippen LogP contribution in [-0.2, 0) is 0 Å². The molecule has 0 amide bonds. The Hall–Kier alpha value is -0.240. The van der Waals surface area contributed by atoms with Gasteiger partial charge in [-0.1, -0.05) is 57.7 Å². The zero-order chi connectivity index (χ0) is 12.9. The SMILES string of the molecule is CCCCCCCCC1CC[NH+](C)C1.[N-]=C=S. The minimum absolute atomic E-state index is 1.06. The fraction of sp³-hybridized carbons (Fsp3) is 0.929. The third-order valence-corrected chi connectivity index (χ3v) is 3.58. The van der Waals surface area contributed by atoms with Crippen molar-refractivity contribution >= 4 is 17.4 Å². The van der Waals surface area contributed by atoms with Crippen LogP contribution < -0.4 is 4.90 Å². The van der Waals surface area contributed by atoms with Crippen LogP contribution in [0.25, 0.3) is 5.41 Å². The zero-order valence-corrected chi connectivity index (χ0v) is 12.3. The Kier molecular flexibility index (Phi) is 12.1. The van der Waals surface area contributed by atoms with Gasteiger partial charge in [-0.3, -0.25) is 0 Å². The number of nitrogens with one attached hydrogen (secondary N) is 1. The van der Waals surface area contributed by atoms with Gasteiger partial charge < -0.3 is 10.3 Å². The van der Waals surface area contributed by atoms with Crippen LogP contribution in [0.4, 0.5) is 0 Å². The Bertz CT molecular complexity index is 200. The third kappa shape index (κ3) is 10.6. The molecule has 0 aliphatic carbocycles. The summed E-state index contributed by atoms with van der Waals surface area (Å²) in [4.78, 5) is 1.75. The molecule has 100 valence electrons. The average Bonchev–Trinajstić information content (AvgIpc) is 2.70. The van der Waals surface area contributed by atoms with Crippen molar-refractivity contribution in [2.24, 2.45) is 5.92 Å². The fourth-order valence-corrected chi connectivity index (χ4v) is 2.61. The number of unbranched alkanes of at least 4 members (excludes halogenated alkanes) is 5. The number of hydrogen-bond acceptors (Lipinski definition) is 1. The Labute approximate surface area is 112 Å². The van der Waals surface area contributed by atoms with Crippen molar-refractivity contribution < 1.29 is 4.90 Å². The van der Waals surface area contributed by atoms with Gasteiger partial charge in [0.25, 0.3) is 0 Å². The van der Waals surface area contributed by atoms with Crippen LogP contribution in [0.1, 0.15) is 58.3 Å². The minimum atomic E-state index is 1.06. The third-order valence-electron chi connectivity index (χ3n) is 3.58. The van der Waals surface area contributed by atoms with Gasteiger partial charge in [0.15, 0.2) is 0 Å². The molecule has 3 heteroatoms. The van der Waals surface area contributed by atoms with Gasteiger partial charge in [0, 0.05) is 12.3 Å². The van der Waals surface area contributed by atoms with Crippen LogP contribution in [-0.4, -0.2) is 25.3 Å². The van der Waals surface area contributed by atoms with E-state index < -0.39 is 0 Å². The van der Waals surface area contributed by atoms with Gasteiger partial charge in [-0.2, -0.15) is 5.16 Å². The molecule has 1 heterocycles. The number of thiocarbonyl (C=S) groups is 1. The van der Waals surface area contributed by atoms with Gasteiger partial charge in [-0.05, 0) is 6.42 Å². The normalized spacial score (nSPS) is 22.7. The van der Waals surface area contributed by atoms with E-state index in [2.05, 4.69) is 26.2 Å². The topological polar surface area (TPSA) is 26.7 Å². The number of nitrogens with zero attached hydrogens (tertiary/aromatic N) is 1. The summed E-state index contributed by atoms with van der Waals surface area (Å²) in [6.45, 7) is 5.15. The number of rotatable bonds is 7. The quantitative estimate of drug-likeness (QED) is 0.423. The van der Waals surface area contributed by atoms with Crippen LogP contribution in [0.15, 0.2) is 0 Å². The maximum absolute atomic E-state index is 7.13. The highest BCUT2D eigenvalue weighted by Crippen LogP contribution is 2.15. The maximum atomic E-state index is 7.13. The number of quaternary nitrogens is 1. The molecule has 17 heavy (non-hydrogen) atoms. The number of isothiocyanates is 1. The summed E-state index contributed by atoms with van der Waals surface area (Å²) in [6.07, 6.45) is 11.7. The molecule has 0 radical (unpaired) electrons. The van der Waals surface area contributed by atoms with Crippen molar-refractivity contribution in [1.82, 2.24) is 0 Å². The highest BCUT2D eigenvalue weighted by atomic mass is 32.1. The van der Waals surface area contributed by atoms with Crippen LogP contribution >= 0.6 is 12.2 Å². The lowest BCUT2D eigenvalue weighted by atomic mass is 10.00. The van der Waals surface area contributed by atoms with Crippen molar-refractivity contribution in [3.8, 4) is 0 Å². The lowest BCUT2D eigenvalue weighted by Gasteiger charge is -2.07. The standard InChI is InChI=1S/C13H27N.CNS/c1-3-4-5-6-7-8-9-13-10-11-14(2)12-13;2-1-3/h13H,3-12H2,1-2H3;/q;-1/p+1. The molecular formula is C14H28N2S. The summed E-state index contributed by atoms with van der Waals surface area (Å²) in [5, 5.41) is 8.47. The molecule has 1 saturated heterocycles. The van der Waals surface area contributed by atoms with Crippen LogP contribution in [0.3, 0.4) is 0 Å². The Morgan fingerprint density at radius 3 is 2.35 bits per heavy atom. The molecule has 0 saturated carbocycles. The van der Waals surface area contributed by atoms with Gasteiger partial charge >= 0.3 is 0 Å². The fourth-order valence-electron chi connectivity index (χ4n) is 2.61. The second kappa shape index (κ2) is 12.2. The van der Waals surface area contributed by atoms with Crippen LogP contribution in [0.5, 0.6) is 0 Å². The lowest BCUT2D eigenvalue weighted by molar-refractivity contribution is -0.867. The molecule has 1 aliphatic heterocycles. The average molecular weight is 256 g/mol. The molecule has 1 fully saturated rings. The van der Waals surface area contributed by atoms with Gasteiger partial charge in [0.1, 0.15) is 0 Å². The molecule has 0 aromatic carbocycles. The van der Waals surface area contributed by atoms with E-state index in [0.29, 0.717) is 0 Å². The first-order valence-electron chi connectivity index (χ1n) is 7.07. The highest BCUT2D eigenvalue weighted by Gasteiger charge is 2.21. The van der Waals surface area contributed by atoms with E-state index in [1.54, 1.807) is 4.90 Å².